The number of rotatable bonds is 5. The van der Waals surface area contributed by atoms with Crippen molar-refractivity contribution < 1.29 is 14.0 Å². The van der Waals surface area contributed by atoms with Crippen molar-refractivity contribution in [2.75, 3.05) is 39.3 Å². The smallest absolute Gasteiger partial charge is 0.335 e. The van der Waals surface area contributed by atoms with Crippen molar-refractivity contribution in [2.45, 2.75) is 0 Å². The predicted molar refractivity (Wildman–Crippen MR) is 94.0 cm³/mol. The van der Waals surface area contributed by atoms with Crippen molar-refractivity contribution >= 4 is 23.2 Å². The average Bonchev–Trinajstić information content (AvgIpc) is 3.17. The van der Waals surface area contributed by atoms with Crippen LogP contribution < -0.4 is 10.9 Å². The number of amides is 2. The summed E-state index contributed by atoms with van der Waals surface area (Å²) in [4.78, 5) is 39.8. The summed E-state index contributed by atoms with van der Waals surface area (Å²) in [6, 6.07) is 6.39. The molecule has 1 fully saturated rings. The molecular weight excluding hydrogens is 342 g/mol. The van der Waals surface area contributed by atoms with E-state index in [9.17, 15) is 14.4 Å². The lowest BCUT2D eigenvalue weighted by molar-refractivity contribution is 0.0635. The third-order valence-corrected chi connectivity index (χ3v) is 4.93. The van der Waals surface area contributed by atoms with Crippen LogP contribution in [0.4, 0.5) is 0 Å². The molecule has 132 valence electrons. The molecule has 0 bridgehead atoms. The summed E-state index contributed by atoms with van der Waals surface area (Å²) in [5, 5.41) is 4.78. The number of carbonyl (C=O) groups excluding carboxylic acids is 2. The molecule has 0 unspecified atom stereocenters. The molecule has 0 aliphatic carbocycles. The van der Waals surface area contributed by atoms with Crippen molar-refractivity contribution in [2.24, 2.45) is 0 Å². The van der Waals surface area contributed by atoms with E-state index < -0.39 is 5.63 Å². The molecule has 2 aromatic heterocycles. The van der Waals surface area contributed by atoms with E-state index in [2.05, 4.69) is 10.2 Å². The van der Waals surface area contributed by atoms with E-state index in [0.717, 1.165) is 19.6 Å². The Bertz CT molecular complexity index is 759. The summed E-state index contributed by atoms with van der Waals surface area (Å²) in [7, 11) is 0. The van der Waals surface area contributed by atoms with Crippen molar-refractivity contribution in [3.63, 3.8) is 0 Å². The highest BCUT2D eigenvalue weighted by Crippen LogP contribution is 2.09. The van der Waals surface area contributed by atoms with Gasteiger partial charge in [-0.1, -0.05) is 6.07 Å². The van der Waals surface area contributed by atoms with Crippen LogP contribution in [-0.4, -0.2) is 60.9 Å². The maximum absolute atomic E-state index is 12.3. The topological polar surface area (TPSA) is 82.9 Å². The molecular formula is C17H19N3O4S. The monoisotopic (exact) mass is 361 g/mol. The molecule has 2 amide bonds. The maximum atomic E-state index is 12.3. The molecule has 0 atom stereocenters. The van der Waals surface area contributed by atoms with Gasteiger partial charge in [0.15, 0.2) is 0 Å². The number of nitrogens with one attached hydrogen (secondary N) is 1. The molecule has 3 rings (SSSR count). The largest absolute Gasteiger partial charge is 0.430 e. The number of nitrogens with zero attached hydrogens (tertiary/aromatic N) is 2. The van der Waals surface area contributed by atoms with Gasteiger partial charge in [-0.25, -0.2) is 4.79 Å². The van der Waals surface area contributed by atoms with E-state index in [-0.39, 0.29) is 11.8 Å². The zero-order chi connectivity index (χ0) is 17.6. The van der Waals surface area contributed by atoms with Crippen LogP contribution in [0.3, 0.4) is 0 Å². The molecule has 1 aliphatic heterocycles. The minimum Gasteiger partial charge on any atom is -0.430 e. The molecule has 7 nitrogen and oxygen atoms in total. The standard InChI is InChI=1S/C17H19N3O4S/c21-15-4-3-13(12-24-15)17(23)20-9-7-19(8-10-20)6-5-18-16(22)14-2-1-11-25-14/h1-4,11-12H,5-10H2,(H,18,22). The van der Waals surface area contributed by atoms with Gasteiger partial charge in [-0.15, -0.1) is 11.3 Å². The van der Waals surface area contributed by atoms with Gasteiger partial charge >= 0.3 is 5.63 Å². The van der Waals surface area contributed by atoms with Crippen molar-refractivity contribution in [1.82, 2.24) is 15.1 Å². The van der Waals surface area contributed by atoms with Crippen LogP contribution in [0.1, 0.15) is 20.0 Å². The number of hydrogen-bond acceptors (Lipinski definition) is 6. The zero-order valence-electron chi connectivity index (χ0n) is 13.6. The minimum absolute atomic E-state index is 0.0469. The highest BCUT2D eigenvalue weighted by molar-refractivity contribution is 7.12. The zero-order valence-corrected chi connectivity index (χ0v) is 14.5. The third-order valence-electron chi connectivity index (χ3n) is 4.07. The maximum Gasteiger partial charge on any atom is 0.335 e. The lowest BCUT2D eigenvalue weighted by atomic mass is 10.2. The normalized spacial score (nSPS) is 15.1. The number of hydrogen-bond donors (Lipinski definition) is 1. The first-order valence-corrected chi connectivity index (χ1v) is 8.93. The highest BCUT2D eigenvalue weighted by Gasteiger charge is 2.22. The van der Waals surface area contributed by atoms with Crippen molar-refractivity contribution in [1.29, 1.82) is 0 Å². The summed E-state index contributed by atoms with van der Waals surface area (Å²) >= 11 is 1.42. The summed E-state index contributed by atoms with van der Waals surface area (Å²) in [5.41, 5.74) is -0.0813. The van der Waals surface area contributed by atoms with E-state index in [1.54, 1.807) is 11.0 Å². The second-order valence-electron chi connectivity index (χ2n) is 5.71. The van der Waals surface area contributed by atoms with Crippen LogP contribution in [0.2, 0.25) is 0 Å². The minimum atomic E-state index is -0.467. The second kappa shape index (κ2) is 8.09. The Morgan fingerprint density at radius 3 is 2.60 bits per heavy atom. The first-order chi connectivity index (χ1) is 12.1. The van der Waals surface area contributed by atoms with Gasteiger partial charge in [0.1, 0.15) is 6.26 Å². The van der Waals surface area contributed by atoms with E-state index in [4.69, 9.17) is 4.42 Å². The Kier molecular flexibility index (Phi) is 5.62. The Morgan fingerprint density at radius 1 is 1.16 bits per heavy atom. The van der Waals surface area contributed by atoms with E-state index in [1.165, 1.54) is 29.7 Å². The molecule has 1 N–H and O–H groups in total. The molecule has 1 aliphatic rings. The van der Waals surface area contributed by atoms with Crippen LogP contribution in [0.25, 0.3) is 0 Å². The predicted octanol–water partition coefficient (Wildman–Crippen LogP) is 0.889. The summed E-state index contributed by atoms with van der Waals surface area (Å²) in [5.74, 6) is -0.177. The molecule has 2 aromatic rings. The molecule has 8 heteroatoms. The molecule has 0 saturated carbocycles. The Labute approximate surface area is 148 Å². The van der Waals surface area contributed by atoms with Gasteiger partial charge in [0.05, 0.1) is 10.4 Å². The summed E-state index contributed by atoms with van der Waals surface area (Å²) < 4.78 is 4.74. The highest BCUT2D eigenvalue weighted by atomic mass is 32.1. The van der Waals surface area contributed by atoms with Gasteiger partial charge in [-0.05, 0) is 17.5 Å². The Morgan fingerprint density at radius 2 is 1.96 bits per heavy atom. The molecule has 0 spiro atoms. The van der Waals surface area contributed by atoms with Gasteiger partial charge in [0, 0.05) is 45.3 Å². The first-order valence-electron chi connectivity index (χ1n) is 8.06. The lowest BCUT2D eigenvalue weighted by Gasteiger charge is -2.34. The second-order valence-corrected chi connectivity index (χ2v) is 6.66. The quantitative estimate of drug-likeness (QED) is 0.855. The van der Waals surface area contributed by atoms with E-state index >= 15 is 0 Å². The molecule has 0 aromatic carbocycles. The fourth-order valence-corrected chi connectivity index (χ4v) is 3.30. The van der Waals surface area contributed by atoms with Crippen LogP contribution in [0.15, 0.2) is 45.1 Å². The SMILES string of the molecule is O=C(NCCN1CCN(C(=O)c2ccc(=O)oc2)CC1)c1cccs1. The molecule has 3 heterocycles. The molecule has 1 saturated heterocycles. The van der Waals surface area contributed by atoms with Gasteiger partial charge in [0.25, 0.3) is 11.8 Å². The first kappa shape index (κ1) is 17.4. The summed E-state index contributed by atoms with van der Waals surface area (Å²) in [6.07, 6.45) is 1.21. The van der Waals surface area contributed by atoms with Gasteiger partial charge < -0.3 is 14.6 Å². The summed E-state index contributed by atoms with van der Waals surface area (Å²) in [6.45, 7) is 4.04. The van der Waals surface area contributed by atoms with Crippen molar-refractivity contribution in [3.8, 4) is 0 Å². The van der Waals surface area contributed by atoms with E-state index in [0.29, 0.717) is 30.1 Å². The van der Waals surface area contributed by atoms with Crippen LogP contribution in [0, 0.1) is 0 Å². The van der Waals surface area contributed by atoms with Gasteiger partial charge in [-0.3, -0.25) is 14.5 Å². The van der Waals surface area contributed by atoms with Crippen LogP contribution >= 0.6 is 11.3 Å². The Balaban J connectivity index is 1.41. The average molecular weight is 361 g/mol. The van der Waals surface area contributed by atoms with Gasteiger partial charge in [-0.2, -0.15) is 0 Å². The molecule has 0 radical (unpaired) electrons. The third kappa shape index (κ3) is 4.55. The fourth-order valence-electron chi connectivity index (χ4n) is 2.66. The van der Waals surface area contributed by atoms with E-state index in [1.807, 2.05) is 11.4 Å². The van der Waals surface area contributed by atoms with Crippen LogP contribution in [-0.2, 0) is 0 Å². The van der Waals surface area contributed by atoms with Gasteiger partial charge in [0.2, 0.25) is 0 Å². The number of piperazine rings is 1. The number of thiophene rings is 1. The Hall–Kier alpha value is -2.45. The van der Waals surface area contributed by atoms with Crippen molar-refractivity contribution in [3.05, 3.63) is 56.8 Å². The van der Waals surface area contributed by atoms with Crippen LogP contribution in [0.5, 0.6) is 0 Å². The lowest BCUT2D eigenvalue weighted by Crippen LogP contribution is -2.50. The number of carbonyl (C=O) groups is 2. The molecule has 25 heavy (non-hydrogen) atoms. The fraction of sp³-hybridized carbons (Fsp3) is 0.353.